The first-order valence-electron chi connectivity index (χ1n) is 7.49. The van der Waals surface area contributed by atoms with Crippen LogP contribution in [-0.4, -0.2) is 18.4 Å². The van der Waals surface area contributed by atoms with Gasteiger partial charge in [0.25, 0.3) is 0 Å². The molecule has 1 atom stereocenters. The van der Waals surface area contributed by atoms with Crippen molar-refractivity contribution in [1.29, 1.82) is 0 Å². The minimum atomic E-state index is -0.674. The molecule has 118 valence electrons. The number of carbonyl (C=O) groups is 2. The fraction of sp³-hybridized carbons (Fsp3) is 0.222. The average molecular weight is 329 g/mol. The van der Waals surface area contributed by atoms with E-state index in [0.717, 1.165) is 11.3 Å². The van der Waals surface area contributed by atoms with Gasteiger partial charge in [0.15, 0.2) is 0 Å². The molecule has 1 saturated heterocycles. The number of para-hydroxylation sites is 1. The maximum absolute atomic E-state index is 12.5. The molecule has 0 unspecified atom stereocenters. The number of amides is 2. The number of aryl methyl sites for hydroxylation is 1. The van der Waals surface area contributed by atoms with Crippen LogP contribution in [0.25, 0.3) is 0 Å². The van der Waals surface area contributed by atoms with Crippen molar-refractivity contribution in [2.24, 2.45) is 5.92 Å². The second-order valence-electron chi connectivity index (χ2n) is 5.64. The van der Waals surface area contributed by atoms with Gasteiger partial charge in [-0.15, -0.1) is 0 Å². The van der Waals surface area contributed by atoms with Gasteiger partial charge in [0, 0.05) is 12.2 Å². The topological polar surface area (TPSA) is 49.4 Å². The summed E-state index contributed by atoms with van der Waals surface area (Å²) in [6.45, 7) is 2.47. The van der Waals surface area contributed by atoms with Gasteiger partial charge in [0.2, 0.25) is 11.8 Å². The van der Waals surface area contributed by atoms with Gasteiger partial charge >= 0.3 is 0 Å². The van der Waals surface area contributed by atoms with Crippen LogP contribution in [-0.2, 0) is 9.59 Å². The lowest BCUT2D eigenvalue weighted by Gasteiger charge is -2.16. The van der Waals surface area contributed by atoms with E-state index in [4.69, 9.17) is 11.6 Å². The maximum atomic E-state index is 12.5. The Bertz CT molecular complexity index is 746. The normalized spacial score (nSPS) is 17.4. The number of nitrogens with zero attached hydrogens (tertiary/aromatic N) is 1. The molecule has 1 heterocycles. The summed E-state index contributed by atoms with van der Waals surface area (Å²) >= 11 is 6.13. The molecule has 1 fully saturated rings. The van der Waals surface area contributed by atoms with E-state index in [1.807, 2.05) is 43.3 Å². The Morgan fingerprint density at radius 3 is 2.65 bits per heavy atom. The van der Waals surface area contributed by atoms with E-state index >= 15 is 0 Å². The van der Waals surface area contributed by atoms with Crippen LogP contribution in [0.15, 0.2) is 48.5 Å². The Morgan fingerprint density at radius 2 is 1.96 bits per heavy atom. The third kappa shape index (κ3) is 3.22. The zero-order chi connectivity index (χ0) is 16.4. The number of halogens is 1. The average Bonchev–Trinajstić information content (AvgIpc) is 2.92. The minimum Gasteiger partial charge on any atom is -0.324 e. The Labute approximate surface area is 140 Å². The van der Waals surface area contributed by atoms with Crippen molar-refractivity contribution in [3.63, 3.8) is 0 Å². The summed E-state index contributed by atoms with van der Waals surface area (Å²) in [5, 5.41) is 3.24. The van der Waals surface area contributed by atoms with E-state index in [9.17, 15) is 9.59 Å². The molecule has 1 aliphatic heterocycles. The number of anilines is 2. The number of carbonyl (C=O) groups excluding carboxylic acids is 2. The Kier molecular flexibility index (Phi) is 4.35. The van der Waals surface area contributed by atoms with Crippen molar-refractivity contribution < 1.29 is 9.59 Å². The molecule has 0 bridgehead atoms. The van der Waals surface area contributed by atoms with Crippen LogP contribution >= 0.6 is 11.6 Å². The fourth-order valence-corrected chi connectivity index (χ4v) is 3.01. The van der Waals surface area contributed by atoms with E-state index < -0.39 is 5.92 Å². The van der Waals surface area contributed by atoms with Gasteiger partial charge in [-0.3, -0.25) is 9.59 Å². The SMILES string of the molecule is Cc1ccc(NC(=O)[C@@H]2CCN(c3ccccc3)C2=O)c(Cl)c1. The molecule has 1 N–H and O–H groups in total. The third-order valence-electron chi connectivity index (χ3n) is 3.97. The van der Waals surface area contributed by atoms with E-state index in [-0.39, 0.29) is 11.8 Å². The van der Waals surface area contributed by atoms with Crippen LogP contribution in [0.1, 0.15) is 12.0 Å². The molecule has 0 spiro atoms. The maximum Gasteiger partial charge on any atom is 0.239 e. The smallest absolute Gasteiger partial charge is 0.239 e. The van der Waals surface area contributed by atoms with Crippen molar-refractivity contribution in [2.75, 3.05) is 16.8 Å². The largest absolute Gasteiger partial charge is 0.324 e. The predicted octanol–water partition coefficient (Wildman–Crippen LogP) is 3.64. The zero-order valence-corrected chi connectivity index (χ0v) is 13.5. The molecule has 2 aromatic rings. The molecule has 0 aliphatic carbocycles. The Morgan fingerprint density at radius 1 is 1.22 bits per heavy atom. The van der Waals surface area contributed by atoms with Crippen molar-refractivity contribution in [3.8, 4) is 0 Å². The summed E-state index contributed by atoms with van der Waals surface area (Å²) < 4.78 is 0. The molecular weight excluding hydrogens is 312 g/mol. The summed E-state index contributed by atoms with van der Waals surface area (Å²) in [7, 11) is 0. The van der Waals surface area contributed by atoms with E-state index in [1.54, 1.807) is 17.0 Å². The Balaban J connectivity index is 1.72. The molecule has 3 rings (SSSR count). The number of rotatable bonds is 3. The van der Waals surface area contributed by atoms with Gasteiger partial charge in [-0.2, -0.15) is 0 Å². The van der Waals surface area contributed by atoms with Crippen molar-refractivity contribution in [1.82, 2.24) is 0 Å². The van der Waals surface area contributed by atoms with Gasteiger partial charge in [-0.1, -0.05) is 35.9 Å². The summed E-state index contributed by atoms with van der Waals surface area (Å²) in [5.41, 5.74) is 2.37. The van der Waals surface area contributed by atoms with E-state index in [1.165, 1.54) is 0 Å². The highest BCUT2D eigenvalue weighted by atomic mass is 35.5. The minimum absolute atomic E-state index is 0.170. The highest BCUT2D eigenvalue weighted by Crippen LogP contribution is 2.28. The number of hydrogen-bond acceptors (Lipinski definition) is 2. The summed E-state index contributed by atoms with van der Waals surface area (Å²) in [5.74, 6) is -1.15. The standard InChI is InChI=1S/C18H17ClN2O2/c1-12-7-8-16(15(19)11-12)20-17(22)14-9-10-21(18(14)23)13-5-3-2-4-6-13/h2-8,11,14H,9-10H2,1H3,(H,20,22)/t14-/m0/s1. The molecule has 2 amide bonds. The second kappa shape index (κ2) is 6.42. The summed E-state index contributed by atoms with van der Waals surface area (Å²) in [6.07, 6.45) is 0.503. The zero-order valence-electron chi connectivity index (χ0n) is 12.8. The molecule has 0 saturated carbocycles. The van der Waals surface area contributed by atoms with Crippen LogP contribution in [0.3, 0.4) is 0 Å². The van der Waals surface area contributed by atoms with Crippen LogP contribution in [0.2, 0.25) is 5.02 Å². The lowest BCUT2D eigenvalue weighted by atomic mass is 10.1. The molecule has 4 nitrogen and oxygen atoms in total. The molecule has 0 radical (unpaired) electrons. The highest BCUT2D eigenvalue weighted by Gasteiger charge is 2.37. The Hall–Kier alpha value is -2.33. The number of benzene rings is 2. The third-order valence-corrected chi connectivity index (χ3v) is 4.29. The fourth-order valence-electron chi connectivity index (χ4n) is 2.73. The van der Waals surface area contributed by atoms with Crippen molar-refractivity contribution >= 4 is 34.8 Å². The van der Waals surface area contributed by atoms with Gasteiger partial charge in [0.05, 0.1) is 10.7 Å². The molecule has 2 aromatic carbocycles. The monoisotopic (exact) mass is 328 g/mol. The highest BCUT2D eigenvalue weighted by molar-refractivity contribution is 6.34. The van der Waals surface area contributed by atoms with Crippen LogP contribution in [0, 0.1) is 12.8 Å². The second-order valence-corrected chi connectivity index (χ2v) is 6.05. The molecule has 1 aliphatic rings. The summed E-state index contributed by atoms with van der Waals surface area (Å²) in [4.78, 5) is 26.6. The van der Waals surface area contributed by atoms with Gasteiger partial charge < -0.3 is 10.2 Å². The van der Waals surface area contributed by atoms with E-state index in [2.05, 4.69) is 5.32 Å². The molecule has 23 heavy (non-hydrogen) atoms. The van der Waals surface area contributed by atoms with Crippen molar-refractivity contribution in [2.45, 2.75) is 13.3 Å². The molecule has 5 heteroatoms. The predicted molar refractivity (Wildman–Crippen MR) is 91.7 cm³/mol. The first kappa shape index (κ1) is 15.6. The first-order chi connectivity index (χ1) is 11.1. The van der Waals surface area contributed by atoms with Gasteiger partial charge in [-0.05, 0) is 43.2 Å². The van der Waals surface area contributed by atoms with Gasteiger partial charge in [-0.25, -0.2) is 0 Å². The summed E-state index contributed by atoms with van der Waals surface area (Å²) in [6, 6.07) is 14.8. The van der Waals surface area contributed by atoms with Crippen LogP contribution in [0.5, 0.6) is 0 Å². The first-order valence-corrected chi connectivity index (χ1v) is 7.87. The lowest BCUT2D eigenvalue weighted by Crippen LogP contribution is -2.33. The van der Waals surface area contributed by atoms with Gasteiger partial charge in [0.1, 0.15) is 5.92 Å². The van der Waals surface area contributed by atoms with E-state index in [0.29, 0.717) is 23.7 Å². The lowest BCUT2D eigenvalue weighted by molar-refractivity contribution is -0.129. The molecular formula is C18H17ClN2O2. The van der Waals surface area contributed by atoms with Crippen molar-refractivity contribution in [3.05, 3.63) is 59.1 Å². The number of nitrogens with one attached hydrogen (secondary N) is 1. The molecule has 0 aromatic heterocycles. The number of hydrogen-bond donors (Lipinski definition) is 1. The quantitative estimate of drug-likeness (QED) is 0.874. The van der Waals surface area contributed by atoms with Crippen LogP contribution in [0.4, 0.5) is 11.4 Å². The van der Waals surface area contributed by atoms with Crippen LogP contribution < -0.4 is 10.2 Å².